The highest BCUT2D eigenvalue weighted by atomic mass is 16.5. The van der Waals surface area contributed by atoms with Crippen LogP contribution in [0.15, 0.2) is 18.2 Å². The summed E-state index contributed by atoms with van der Waals surface area (Å²) in [6, 6.07) is 6.25. The first-order valence-electron chi connectivity index (χ1n) is 6.15. The maximum absolute atomic E-state index is 9.82. The van der Waals surface area contributed by atoms with Crippen LogP contribution in [0.4, 0.5) is 5.69 Å². The first kappa shape index (κ1) is 12.2. The Balaban J connectivity index is 2.16. The van der Waals surface area contributed by atoms with Crippen molar-refractivity contribution in [1.82, 2.24) is 0 Å². The van der Waals surface area contributed by atoms with Crippen LogP contribution in [0.5, 0.6) is 5.75 Å². The molecule has 0 amide bonds. The molecule has 0 aliphatic carbocycles. The number of benzene rings is 1. The Kier molecular flexibility index (Phi) is 3.29. The largest absolute Gasteiger partial charge is 0.493 e. The highest BCUT2D eigenvalue weighted by Crippen LogP contribution is 2.29. The fraction of sp³-hybridized carbons (Fsp3) is 0.571. The number of hydrogen-bond donors (Lipinski definition) is 1. The Morgan fingerprint density at radius 2 is 2.18 bits per heavy atom. The molecule has 0 spiro atoms. The Morgan fingerprint density at radius 3 is 2.88 bits per heavy atom. The first-order valence-corrected chi connectivity index (χ1v) is 6.15. The zero-order chi connectivity index (χ0) is 12.5. The van der Waals surface area contributed by atoms with Crippen molar-refractivity contribution in [3.63, 3.8) is 0 Å². The van der Waals surface area contributed by atoms with E-state index in [1.165, 1.54) is 5.56 Å². The first-order chi connectivity index (χ1) is 7.96. The van der Waals surface area contributed by atoms with Gasteiger partial charge in [-0.1, -0.05) is 0 Å². The normalized spacial score (nSPS) is 15.1. The molecule has 1 heterocycles. The average Bonchev–Trinajstić information content (AvgIpc) is 2.26. The predicted octanol–water partition coefficient (Wildman–Crippen LogP) is 2.22. The molecule has 0 radical (unpaired) electrons. The third-order valence-electron chi connectivity index (χ3n) is 2.96. The Hall–Kier alpha value is -1.22. The molecule has 0 saturated carbocycles. The van der Waals surface area contributed by atoms with E-state index in [1.54, 1.807) is 0 Å². The van der Waals surface area contributed by atoms with E-state index in [-0.39, 0.29) is 0 Å². The second-order valence-electron chi connectivity index (χ2n) is 5.41. The minimum atomic E-state index is -0.679. The molecule has 17 heavy (non-hydrogen) atoms. The average molecular weight is 235 g/mol. The number of nitrogens with zero attached hydrogens (tertiary/aromatic N) is 1. The zero-order valence-electron chi connectivity index (χ0n) is 10.9. The number of ether oxygens (including phenoxy) is 1. The molecule has 94 valence electrons. The summed E-state index contributed by atoms with van der Waals surface area (Å²) in [7, 11) is 2.00. The molecule has 0 fully saturated rings. The summed E-state index contributed by atoms with van der Waals surface area (Å²) >= 11 is 0. The molecular formula is C14H21NO2. The summed E-state index contributed by atoms with van der Waals surface area (Å²) in [5.41, 5.74) is 1.73. The number of likely N-dealkylation sites (N-methyl/N-ethyl adjacent to an activating group) is 1. The van der Waals surface area contributed by atoms with Crippen LogP contribution in [-0.2, 0) is 6.42 Å². The monoisotopic (exact) mass is 235 g/mol. The predicted molar refractivity (Wildman–Crippen MR) is 69.8 cm³/mol. The van der Waals surface area contributed by atoms with Crippen LogP contribution in [0.25, 0.3) is 0 Å². The SMILES string of the molecule is CN(CC(C)(C)O)c1ccc2c(c1)CCCO2. The van der Waals surface area contributed by atoms with Crippen molar-refractivity contribution in [2.45, 2.75) is 32.3 Å². The standard InChI is InChI=1S/C14H21NO2/c1-14(2,16)10-15(3)12-6-7-13-11(9-12)5-4-8-17-13/h6-7,9,16H,4-5,8,10H2,1-3H3. The van der Waals surface area contributed by atoms with Crippen molar-refractivity contribution in [1.29, 1.82) is 0 Å². The number of hydrogen-bond acceptors (Lipinski definition) is 3. The molecule has 2 rings (SSSR count). The van der Waals surface area contributed by atoms with Gasteiger partial charge in [-0.15, -0.1) is 0 Å². The maximum Gasteiger partial charge on any atom is 0.122 e. The topological polar surface area (TPSA) is 32.7 Å². The molecule has 0 saturated heterocycles. The number of rotatable bonds is 3. The van der Waals surface area contributed by atoms with Gasteiger partial charge in [-0.3, -0.25) is 0 Å². The Labute approximate surface area is 103 Å². The molecule has 1 aromatic rings. The van der Waals surface area contributed by atoms with Gasteiger partial charge < -0.3 is 14.7 Å². The fourth-order valence-corrected chi connectivity index (χ4v) is 2.26. The van der Waals surface area contributed by atoms with Gasteiger partial charge in [0.1, 0.15) is 5.75 Å². The van der Waals surface area contributed by atoms with Gasteiger partial charge in [0.25, 0.3) is 0 Å². The van der Waals surface area contributed by atoms with Crippen LogP contribution in [-0.4, -0.2) is 30.9 Å². The van der Waals surface area contributed by atoms with Crippen molar-refractivity contribution < 1.29 is 9.84 Å². The fourth-order valence-electron chi connectivity index (χ4n) is 2.26. The summed E-state index contributed by atoms with van der Waals surface area (Å²) in [5.74, 6) is 1.01. The van der Waals surface area contributed by atoms with Crippen LogP contribution in [0.3, 0.4) is 0 Å². The molecule has 3 nitrogen and oxygen atoms in total. The molecule has 0 unspecified atom stereocenters. The quantitative estimate of drug-likeness (QED) is 0.872. The van der Waals surface area contributed by atoms with E-state index in [9.17, 15) is 5.11 Å². The minimum absolute atomic E-state index is 0.618. The second kappa shape index (κ2) is 4.57. The highest BCUT2D eigenvalue weighted by Gasteiger charge is 2.17. The summed E-state index contributed by atoms with van der Waals surface area (Å²) in [6.07, 6.45) is 2.17. The Bertz CT molecular complexity index is 396. The van der Waals surface area contributed by atoms with E-state index in [0.717, 1.165) is 30.9 Å². The Morgan fingerprint density at radius 1 is 1.41 bits per heavy atom. The third-order valence-corrected chi connectivity index (χ3v) is 2.96. The van der Waals surface area contributed by atoms with Crippen LogP contribution in [0.2, 0.25) is 0 Å². The van der Waals surface area contributed by atoms with E-state index >= 15 is 0 Å². The van der Waals surface area contributed by atoms with Gasteiger partial charge >= 0.3 is 0 Å². The van der Waals surface area contributed by atoms with Gasteiger partial charge in [-0.25, -0.2) is 0 Å². The smallest absolute Gasteiger partial charge is 0.122 e. The molecule has 0 atom stereocenters. The summed E-state index contributed by atoms with van der Waals surface area (Å²) < 4.78 is 5.59. The maximum atomic E-state index is 9.82. The van der Waals surface area contributed by atoms with Gasteiger partial charge in [-0.05, 0) is 50.5 Å². The van der Waals surface area contributed by atoms with Crippen LogP contribution < -0.4 is 9.64 Å². The second-order valence-corrected chi connectivity index (χ2v) is 5.41. The van der Waals surface area contributed by atoms with Crippen molar-refractivity contribution in [3.8, 4) is 5.75 Å². The lowest BCUT2D eigenvalue weighted by Crippen LogP contribution is -2.36. The number of aliphatic hydroxyl groups is 1. The van der Waals surface area contributed by atoms with Gasteiger partial charge in [-0.2, -0.15) is 0 Å². The molecule has 1 aliphatic heterocycles. The molecular weight excluding hydrogens is 214 g/mol. The zero-order valence-corrected chi connectivity index (χ0v) is 10.9. The number of fused-ring (bicyclic) bond motifs is 1. The molecule has 0 aromatic heterocycles. The molecule has 1 aromatic carbocycles. The molecule has 1 aliphatic rings. The van der Waals surface area contributed by atoms with Crippen molar-refractivity contribution in [2.24, 2.45) is 0 Å². The highest BCUT2D eigenvalue weighted by molar-refractivity contribution is 5.53. The molecule has 0 bridgehead atoms. The van der Waals surface area contributed by atoms with E-state index in [4.69, 9.17) is 4.74 Å². The van der Waals surface area contributed by atoms with Gasteiger partial charge in [0.05, 0.1) is 12.2 Å². The lowest BCUT2D eigenvalue weighted by atomic mass is 10.0. The third kappa shape index (κ3) is 3.13. The summed E-state index contributed by atoms with van der Waals surface area (Å²) in [4.78, 5) is 2.08. The van der Waals surface area contributed by atoms with E-state index in [0.29, 0.717) is 6.54 Å². The lowest BCUT2D eigenvalue weighted by Gasteiger charge is -2.28. The van der Waals surface area contributed by atoms with Gasteiger partial charge in [0, 0.05) is 19.3 Å². The minimum Gasteiger partial charge on any atom is -0.493 e. The molecule has 3 heteroatoms. The van der Waals surface area contributed by atoms with E-state index in [1.807, 2.05) is 27.0 Å². The van der Waals surface area contributed by atoms with Gasteiger partial charge in [0.2, 0.25) is 0 Å². The van der Waals surface area contributed by atoms with Crippen LogP contribution in [0.1, 0.15) is 25.8 Å². The van der Waals surface area contributed by atoms with Crippen molar-refractivity contribution in [3.05, 3.63) is 23.8 Å². The number of aryl methyl sites for hydroxylation is 1. The van der Waals surface area contributed by atoms with Crippen LogP contribution in [0, 0.1) is 0 Å². The number of anilines is 1. The summed E-state index contributed by atoms with van der Waals surface area (Å²) in [6.45, 7) is 5.09. The lowest BCUT2D eigenvalue weighted by molar-refractivity contribution is 0.0886. The van der Waals surface area contributed by atoms with E-state index < -0.39 is 5.60 Å². The van der Waals surface area contributed by atoms with Crippen molar-refractivity contribution >= 4 is 5.69 Å². The molecule has 1 N–H and O–H groups in total. The van der Waals surface area contributed by atoms with Crippen LogP contribution >= 0.6 is 0 Å². The van der Waals surface area contributed by atoms with E-state index in [2.05, 4.69) is 17.0 Å². The van der Waals surface area contributed by atoms with Crippen molar-refractivity contribution in [2.75, 3.05) is 25.1 Å². The summed E-state index contributed by atoms with van der Waals surface area (Å²) in [5, 5.41) is 9.82. The van der Waals surface area contributed by atoms with Gasteiger partial charge in [0.15, 0.2) is 0 Å².